The number of hydrogen-bond acceptors (Lipinski definition) is 5. The van der Waals surface area contributed by atoms with Gasteiger partial charge in [-0.25, -0.2) is 0 Å². The molecule has 0 aliphatic carbocycles. The van der Waals surface area contributed by atoms with E-state index in [2.05, 4.69) is 59.0 Å². The van der Waals surface area contributed by atoms with E-state index in [1.807, 2.05) is 11.6 Å². The van der Waals surface area contributed by atoms with Crippen LogP contribution in [-0.2, 0) is 11.8 Å². The first-order valence-corrected chi connectivity index (χ1v) is 11.9. The second-order valence-corrected chi connectivity index (χ2v) is 9.62. The van der Waals surface area contributed by atoms with Crippen LogP contribution in [0.2, 0.25) is 5.02 Å². The van der Waals surface area contributed by atoms with Crippen LogP contribution in [0.25, 0.3) is 22.5 Å². The Morgan fingerprint density at radius 3 is 2.68 bits per heavy atom. The highest BCUT2D eigenvalue weighted by Crippen LogP contribution is 2.38. The van der Waals surface area contributed by atoms with Crippen LogP contribution in [-0.4, -0.2) is 26.4 Å². The zero-order valence-corrected chi connectivity index (χ0v) is 19.7. The molecule has 31 heavy (non-hydrogen) atoms. The molecule has 0 aliphatic heterocycles. The molecule has 2 heterocycles. The standard InChI is InChI=1S/C23H21ClN4OS2/c1-14-7-9-16(10-8-14)21-15(2)30-12-19(21)22-26-27-23(28(22)3)31-13-20(29)25-18-6-4-5-17(24)11-18/h4-12H,13H2,1-3H3,(H,25,29). The van der Waals surface area contributed by atoms with E-state index >= 15 is 0 Å². The minimum atomic E-state index is -0.122. The van der Waals surface area contributed by atoms with Crippen LogP contribution >= 0.6 is 34.7 Å². The number of thiophene rings is 1. The number of hydrogen-bond donors (Lipinski definition) is 1. The summed E-state index contributed by atoms with van der Waals surface area (Å²) in [5.41, 5.74) is 5.30. The molecule has 1 N–H and O–H groups in total. The van der Waals surface area contributed by atoms with Crippen molar-refractivity contribution >= 4 is 46.3 Å². The molecule has 158 valence electrons. The summed E-state index contributed by atoms with van der Waals surface area (Å²) in [6, 6.07) is 15.6. The van der Waals surface area contributed by atoms with Crippen molar-refractivity contribution in [2.24, 2.45) is 7.05 Å². The van der Waals surface area contributed by atoms with Gasteiger partial charge in [0.15, 0.2) is 11.0 Å². The van der Waals surface area contributed by atoms with Crippen molar-refractivity contribution in [1.82, 2.24) is 14.8 Å². The Kier molecular flexibility index (Phi) is 6.46. The second kappa shape index (κ2) is 9.26. The molecule has 0 spiro atoms. The van der Waals surface area contributed by atoms with E-state index in [1.54, 1.807) is 35.6 Å². The number of carbonyl (C=O) groups is 1. The SMILES string of the molecule is Cc1ccc(-c2c(-c3nnc(SCC(=O)Nc4cccc(Cl)c4)n3C)csc2C)cc1. The Bertz CT molecular complexity index is 1230. The number of aryl methyl sites for hydroxylation is 2. The molecule has 0 radical (unpaired) electrons. The first kappa shape index (κ1) is 21.6. The van der Waals surface area contributed by atoms with Gasteiger partial charge in [-0.2, -0.15) is 0 Å². The summed E-state index contributed by atoms with van der Waals surface area (Å²) < 4.78 is 1.94. The lowest BCUT2D eigenvalue weighted by atomic mass is 10.0. The van der Waals surface area contributed by atoms with Gasteiger partial charge in [0.05, 0.1) is 5.75 Å². The highest BCUT2D eigenvalue weighted by Gasteiger charge is 2.19. The molecule has 0 aliphatic rings. The average Bonchev–Trinajstić information content (AvgIpc) is 3.29. The van der Waals surface area contributed by atoms with Gasteiger partial charge in [0.1, 0.15) is 0 Å². The predicted octanol–water partition coefficient (Wildman–Crippen LogP) is 6.21. The molecule has 0 unspecified atom stereocenters. The van der Waals surface area contributed by atoms with Gasteiger partial charge in [0, 0.05) is 39.1 Å². The summed E-state index contributed by atoms with van der Waals surface area (Å²) in [7, 11) is 1.93. The van der Waals surface area contributed by atoms with Gasteiger partial charge in [-0.1, -0.05) is 59.3 Å². The first-order chi connectivity index (χ1) is 14.9. The Morgan fingerprint density at radius 1 is 1.16 bits per heavy atom. The van der Waals surface area contributed by atoms with Gasteiger partial charge in [0.25, 0.3) is 0 Å². The third-order valence-electron chi connectivity index (χ3n) is 4.83. The number of nitrogens with one attached hydrogen (secondary N) is 1. The Balaban J connectivity index is 1.51. The largest absolute Gasteiger partial charge is 0.325 e. The lowest BCUT2D eigenvalue weighted by molar-refractivity contribution is -0.113. The number of benzene rings is 2. The maximum Gasteiger partial charge on any atom is 0.234 e. The van der Waals surface area contributed by atoms with Crippen LogP contribution in [0.5, 0.6) is 0 Å². The molecule has 1 amide bonds. The van der Waals surface area contributed by atoms with E-state index in [0.717, 1.165) is 17.0 Å². The molecule has 0 saturated carbocycles. The van der Waals surface area contributed by atoms with E-state index in [-0.39, 0.29) is 11.7 Å². The minimum Gasteiger partial charge on any atom is -0.325 e. The van der Waals surface area contributed by atoms with E-state index in [4.69, 9.17) is 11.6 Å². The zero-order valence-electron chi connectivity index (χ0n) is 17.3. The quantitative estimate of drug-likeness (QED) is 0.341. The highest BCUT2D eigenvalue weighted by atomic mass is 35.5. The van der Waals surface area contributed by atoms with Crippen molar-refractivity contribution in [2.75, 3.05) is 11.1 Å². The van der Waals surface area contributed by atoms with E-state index in [0.29, 0.717) is 15.9 Å². The van der Waals surface area contributed by atoms with Gasteiger partial charge in [-0.3, -0.25) is 4.79 Å². The van der Waals surface area contributed by atoms with Crippen molar-refractivity contribution in [3.63, 3.8) is 0 Å². The third kappa shape index (κ3) is 4.84. The van der Waals surface area contributed by atoms with Crippen molar-refractivity contribution in [2.45, 2.75) is 19.0 Å². The maximum atomic E-state index is 12.3. The lowest BCUT2D eigenvalue weighted by Crippen LogP contribution is -2.14. The number of rotatable bonds is 6. The fourth-order valence-corrected chi connectivity index (χ4v) is 5.03. The Hall–Kier alpha value is -2.61. The number of nitrogens with zero attached hydrogens (tertiary/aromatic N) is 3. The first-order valence-electron chi connectivity index (χ1n) is 9.65. The number of anilines is 1. The van der Waals surface area contributed by atoms with Crippen molar-refractivity contribution in [3.8, 4) is 22.5 Å². The third-order valence-corrected chi connectivity index (χ3v) is 7.00. The molecular formula is C23H21ClN4OS2. The monoisotopic (exact) mass is 468 g/mol. The minimum absolute atomic E-state index is 0.122. The second-order valence-electron chi connectivity index (χ2n) is 7.16. The number of aromatic nitrogens is 3. The van der Waals surface area contributed by atoms with Crippen LogP contribution in [0.4, 0.5) is 5.69 Å². The molecule has 0 saturated heterocycles. The van der Waals surface area contributed by atoms with Gasteiger partial charge in [0.2, 0.25) is 5.91 Å². The molecule has 5 nitrogen and oxygen atoms in total. The van der Waals surface area contributed by atoms with Crippen LogP contribution < -0.4 is 5.32 Å². The Morgan fingerprint density at radius 2 is 1.94 bits per heavy atom. The molecule has 4 aromatic rings. The van der Waals surface area contributed by atoms with Crippen molar-refractivity contribution in [3.05, 3.63) is 69.4 Å². The van der Waals surface area contributed by atoms with Gasteiger partial charge >= 0.3 is 0 Å². The zero-order chi connectivity index (χ0) is 22.0. The molecule has 4 rings (SSSR count). The number of halogens is 1. The molecule has 0 atom stereocenters. The summed E-state index contributed by atoms with van der Waals surface area (Å²) in [5.74, 6) is 0.896. The molecular weight excluding hydrogens is 448 g/mol. The van der Waals surface area contributed by atoms with E-state index in [1.165, 1.54) is 27.8 Å². The van der Waals surface area contributed by atoms with Gasteiger partial charge in [-0.05, 0) is 37.6 Å². The van der Waals surface area contributed by atoms with Gasteiger partial charge in [-0.15, -0.1) is 21.5 Å². The lowest BCUT2D eigenvalue weighted by Gasteiger charge is -2.08. The molecule has 2 aromatic heterocycles. The van der Waals surface area contributed by atoms with Crippen molar-refractivity contribution < 1.29 is 4.79 Å². The molecule has 2 aromatic carbocycles. The summed E-state index contributed by atoms with van der Waals surface area (Å²) in [6.45, 7) is 4.20. The molecule has 8 heteroatoms. The number of thioether (sulfide) groups is 1. The van der Waals surface area contributed by atoms with Crippen LogP contribution in [0.15, 0.2) is 59.1 Å². The van der Waals surface area contributed by atoms with Crippen molar-refractivity contribution in [1.29, 1.82) is 0 Å². The number of carbonyl (C=O) groups excluding carboxylic acids is 1. The highest BCUT2D eigenvalue weighted by molar-refractivity contribution is 7.99. The van der Waals surface area contributed by atoms with Crippen LogP contribution in [0.1, 0.15) is 10.4 Å². The summed E-state index contributed by atoms with van der Waals surface area (Å²) in [4.78, 5) is 13.6. The molecule has 0 fully saturated rings. The van der Waals surface area contributed by atoms with Crippen LogP contribution in [0.3, 0.4) is 0 Å². The topological polar surface area (TPSA) is 59.8 Å². The van der Waals surface area contributed by atoms with Crippen LogP contribution in [0, 0.1) is 13.8 Å². The number of amides is 1. The summed E-state index contributed by atoms with van der Waals surface area (Å²) in [5, 5.41) is 15.0. The van der Waals surface area contributed by atoms with Gasteiger partial charge < -0.3 is 9.88 Å². The predicted molar refractivity (Wildman–Crippen MR) is 130 cm³/mol. The van der Waals surface area contributed by atoms with E-state index in [9.17, 15) is 4.79 Å². The fraction of sp³-hybridized carbons (Fsp3) is 0.174. The fourth-order valence-electron chi connectivity index (χ4n) is 3.27. The summed E-state index contributed by atoms with van der Waals surface area (Å²) >= 11 is 9.03. The normalized spacial score (nSPS) is 11.0. The summed E-state index contributed by atoms with van der Waals surface area (Å²) in [6.07, 6.45) is 0. The maximum absolute atomic E-state index is 12.3. The molecule has 0 bridgehead atoms. The Labute approximate surface area is 194 Å². The smallest absolute Gasteiger partial charge is 0.234 e. The van der Waals surface area contributed by atoms with E-state index < -0.39 is 0 Å². The average molecular weight is 469 g/mol.